The minimum Gasteiger partial charge on any atom is -0.379 e. The maximum absolute atomic E-state index is 11.3. The van der Waals surface area contributed by atoms with E-state index in [4.69, 9.17) is 14.0 Å². The molecule has 94 valence electrons. The van der Waals surface area contributed by atoms with Crippen molar-refractivity contribution in [1.82, 2.24) is 0 Å². The van der Waals surface area contributed by atoms with Crippen molar-refractivity contribution in [2.45, 2.75) is 31.6 Å². The molecule has 0 aromatic heterocycles. The highest BCUT2D eigenvalue weighted by Gasteiger charge is 2.38. The van der Waals surface area contributed by atoms with Gasteiger partial charge >= 0.3 is 7.82 Å². The van der Waals surface area contributed by atoms with E-state index in [0.29, 0.717) is 19.6 Å². The summed E-state index contributed by atoms with van der Waals surface area (Å²) in [7, 11) is -0.931. The van der Waals surface area contributed by atoms with E-state index in [9.17, 15) is 9.46 Å². The second kappa shape index (κ2) is 6.14. The van der Waals surface area contributed by atoms with Gasteiger partial charge in [-0.15, -0.1) is 0 Å². The maximum atomic E-state index is 11.3. The molecular weight excluding hydrogens is 234 g/mol. The first-order valence-electron chi connectivity index (χ1n) is 5.28. The van der Waals surface area contributed by atoms with Gasteiger partial charge in [0.2, 0.25) is 0 Å². The topological polar surface area (TPSA) is 74.2 Å². The van der Waals surface area contributed by atoms with Crippen molar-refractivity contribution in [3.63, 3.8) is 0 Å². The van der Waals surface area contributed by atoms with Crippen LogP contribution in [0.4, 0.5) is 0 Å². The van der Waals surface area contributed by atoms with Gasteiger partial charge in [-0.2, -0.15) is 0 Å². The molecule has 1 N–H and O–H groups in total. The van der Waals surface area contributed by atoms with Crippen molar-refractivity contribution >= 4 is 15.7 Å². The van der Waals surface area contributed by atoms with Crippen molar-refractivity contribution in [2.75, 3.05) is 20.3 Å². The van der Waals surface area contributed by atoms with Crippen LogP contribution >= 0.6 is 7.82 Å². The van der Waals surface area contributed by atoms with Gasteiger partial charge in [0.1, 0.15) is 14.0 Å². The first kappa shape index (κ1) is 14.2. The van der Waals surface area contributed by atoms with Crippen molar-refractivity contribution in [3.05, 3.63) is 0 Å². The first-order chi connectivity index (χ1) is 7.48. The van der Waals surface area contributed by atoms with Gasteiger partial charge in [-0.1, -0.05) is 0 Å². The summed E-state index contributed by atoms with van der Waals surface area (Å²) < 4.78 is 31.4. The number of phosphoric ester groups is 1. The molecule has 6 nitrogen and oxygen atoms in total. The first-order valence-corrected chi connectivity index (χ1v) is 6.78. The fourth-order valence-electron chi connectivity index (χ4n) is 1.63. The Morgan fingerprint density at radius 3 is 2.88 bits per heavy atom. The quantitative estimate of drug-likeness (QED) is 0.525. The molecule has 0 spiro atoms. The third kappa shape index (κ3) is 4.16. The highest BCUT2D eigenvalue weighted by atomic mass is 31.2. The van der Waals surface area contributed by atoms with Crippen molar-refractivity contribution < 1.29 is 28.0 Å². The van der Waals surface area contributed by atoms with Crippen LogP contribution < -0.4 is 0 Å². The van der Waals surface area contributed by atoms with E-state index >= 15 is 0 Å². The van der Waals surface area contributed by atoms with Gasteiger partial charge in [0.05, 0.1) is 12.7 Å². The molecule has 16 heavy (non-hydrogen) atoms. The Bertz CT molecular complexity index is 263. The molecule has 1 unspecified atom stereocenters. The van der Waals surface area contributed by atoms with Gasteiger partial charge in [0.25, 0.3) is 0 Å². The Morgan fingerprint density at radius 1 is 1.62 bits per heavy atom. The average molecular weight is 252 g/mol. The van der Waals surface area contributed by atoms with Gasteiger partial charge in [-0.25, -0.2) is 4.57 Å². The highest BCUT2D eigenvalue weighted by Crippen LogP contribution is 2.46. The van der Waals surface area contributed by atoms with Crippen LogP contribution in [0, 0.1) is 0 Å². The largest absolute Gasteiger partial charge is 0.472 e. The maximum Gasteiger partial charge on any atom is 0.472 e. The average Bonchev–Trinajstić information content (AvgIpc) is 2.55. The van der Waals surface area contributed by atoms with E-state index in [1.54, 1.807) is 0 Å². The number of ether oxygens (including phenoxy) is 2. The summed E-state index contributed by atoms with van der Waals surface area (Å²) in [5.74, 6) is 0. The minimum absolute atomic E-state index is 0.00712. The van der Waals surface area contributed by atoms with Gasteiger partial charge in [-0.3, -0.25) is 9.05 Å². The molecule has 0 aromatic rings. The van der Waals surface area contributed by atoms with Gasteiger partial charge in [0, 0.05) is 19.7 Å². The summed E-state index contributed by atoms with van der Waals surface area (Å²) >= 11 is 0. The summed E-state index contributed by atoms with van der Waals surface area (Å²) in [6.07, 6.45) is -0.214. The number of hydrogen-bond donors (Lipinski definition) is 1. The molecule has 0 aliphatic carbocycles. The number of rotatable bonds is 6. The van der Waals surface area contributed by atoms with E-state index in [2.05, 4.69) is 4.52 Å². The predicted molar refractivity (Wildman–Crippen MR) is 60.0 cm³/mol. The third-order valence-electron chi connectivity index (χ3n) is 2.37. The highest BCUT2D eigenvalue weighted by molar-refractivity contribution is 7.47. The van der Waals surface area contributed by atoms with E-state index in [0.717, 1.165) is 7.11 Å². The van der Waals surface area contributed by atoms with Crippen molar-refractivity contribution in [3.8, 4) is 0 Å². The summed E-state index contributed by atoms with van der Waals surface area (Å²) in [5, 5.41) is 0. The third-order valence-corrected chi connectivity index (χ3v) is 3.37. The lowest BCUT2D eigenvalue weighted by molar-refractivity contribution is -0.0281. The molecule has 0 amide bonds. The Morgan fingerprint density at radius 2 is 2.31 bits per heavy atom. The van der Waals surface area contributed by atoms with Crippen LogP contribution in [0.2, 0.25) is 0 Å². The summed E-state index contributed by atoms with van der Waals surface area (Å²) in [4.78, 5) is 9.23. The Hall–Kier alpha value is 0.0949. The zero-order valence-corrected chi connectivity index (χ0v) is 10.7. The van der Waals surface area contributed by atoms with Crippen molar-refractivity contribution in [2.24, 2.45) is 0 Å². The van der Waals surface area contributed by atoms with Gasteiger partial charge in [0.15, 0.2) is 0 Å². The molecule has 0 aromatic carbocycles. The van der Waals surface area contributed by atoms with Crippen LogP contribution in [0.5, 0.6) is 0 Å². The summed E-state index contributed by atoms with van der Waals surface area (Å²) in [5.41, 5.74) is 0. The van der Waals surface area contributed by atoms with Crippen LogP contribution in [0.15, 0.2) is 0 Å². The lowest BCUT2D eigenvalue weighted by Crippen LogP contribution is -2.28. The van der Waals surface area contributed by atoms with E-state index in [1.807, 2.05) is 14.8 Å². The Kier molecular flexibility index (Phi) is 5.44. The van der Waals surface area contributed by atoms with E-state index < -0.39 is 13.9 Å². The molecule has 0 bridgehead atoms. The number of hydrogen-bond acceptors (Lipinski definition) is 5. The fourth-order valence-corrected chi connectivity index (χ4v) is 2.28. The molecule has 1 rings (SSSR count). The molecule has 0 radical (unpaired) electrons. The molecule has 1 saturated heterocycles. The van der Waals surface area contributed by atoms with Gasteiger partial charge < -0.3 is 14.4 Å². The monoisotopic (exact) mass is 252 g/mol. The molecule has 1 fully saturated rings. The zero-order valence-electron chi connectivity index (χ0n) is 9.79. The SMILES string of the molecule is B[C@H]1C[C@H](OP(=O)(O)OC)[C@@H](COCC)O1. The molecule has 4 atom stereocenters. The van der Waals surface area contributed by atoms with E-state index in [1.165, 1.54) is 0 Å². The van der Waals surface area contributed by atoms with Crippen LogP contribution in [0.1, 0.15) is 13.3 Å². The second-order valence-corrected chi connectivity index (χ2v) is 5.19. The van der Waals surface area contributed by atoms with Crippen molar-refractivity contribution in [1.29, 1.82) is 0 Å². The molecule has 1 aliphatic rings. The number of phosphoric acid groups is 1. The summed E-state index contributed by atoms with van der Waals surface area (Å²) in [6.45, 7) is 2.80. The van der Waals surface area contributed by atoms with Crippen LogP contribution in [0.3, 0.4) is 0 Å². The second-order valence-electron chi connectivity index (χ2n) is 3.68. The van der Waals surface area contributed by atoms with Crippen LogP contribution in [-0.2, 0) is 23.1 Å². The normalized spacial score (nSPS) is 33.8. The molecular formula is C8H18BO6P. The smallest absolute Gasteiger partial charge is 0.379 e. The minimum atomic E-state index is -3.95. The molecule has 0 saturated carbocycles. The Labute approximate surface area is 96.2 Å². The van der Waals surface area contributed by atoms with Crippen LogP contribution in [-0.4, -0.2) is 51.3 Å². The fraction of sp³-hybridized carbons (Fsp3) is 1.00. The molecule has 1 heterocycles. The van der Waals surface area contributed by atoms with E-state index in [-0.39, 0.29) is 12.1 Å². The van der Waals surface area contributed by atoms with Gasteiger partial charge in [-0.05, 0) is 13.3 Å². The molecule has 8 heteroatoms. The molecule has 1 aliphatic heterocycles. The predicted octanol–water partition coefficient (Wildman–Crippen LogP) is -0.0970. The summed E-state index contributed by atoms with van der Waals surface area (Å²) in [6, 6.07) is -0.00712. The zero-order chi connectivity index (χ0) is 12.2. The Balaban J connectivity index is 2.52. The lowest BCUT2D eigenvalue weighted by atomic mass is 9.96. The van der Waals surface area contributed by atoms with Crippen LogP contribution in [0.25, 0.3) is 0 Å². The standard InChI is InChI=1S/C8H18BO6P/c1-3-13-5-7-6(4-8(9)14-7)15-16(10,11)12-2/h6-8H,3-5,9H2,1-2H3,(H,10,11)/t6-,7+,8+/m0/s1. The lowest BCUT2D eigenvalue weighted by Gasteiger charge is -2.20.